The van der Waals surface area contributed by atoms with Gasteiger partial charge in [-0.15, -0.1) is 0 Å². The zero-order valence-corrected chi connectivity index (χ0v) is 22.1. The Bertz CT molecular complexity index is 866. The van der Waals surface area contributed by atoms with Gasteiger partial charge < -0.3 is 5.11 Å². The van der Waals surface area contributed by atoms with Crippen LogP contribution in [0.3, 0.4) is 0 Å². The van der Waals surface area contributed by atoms with Gasteiger partial charge in [0, 0.05) is 11.8 Å². The SMILES string of the molecule is CC1(C)CC[C@]2(C)CC[C@]3(C)C(=CCC4[C@@]5(C)C(=O)C[C@H](O)C(C)(C)C5CC[C@]43C)C2C1. The molecule has 2 heteroatoms. The first-order chi connectivity index (χ1) is 14.6. The van der Waals surface area contributed by atoms with Gasteiger partial charge in [0.25, 0.3) is 0 Å². The summed E-state index contributed by atoms with van der Waals surface area (Å²) in [7, 11) is 0. The number of hydrogen-bond acceptors (Lipinski definition) is 2. The molecule has 5 aliphatic rings. The summed E-state index contributed by atoms with van der Waals surface area (Å²) in [4.78, 5) is 13.7. The Labute approximate surface area is 197 Å². The van der Waals surface area contributed by atoms with Crippen LogP contribution in [0.4, 0.5) is 0 Å². The molecule has 1 N–H and O–H groups in total. The third kappa shape index (κ3) is 2.65. The van der Waals surface area contributed by atoms with E-state index >= 15 is 0 Å². The van der Waals surface area contributed by atoms with Gasteiger partial charge in [0.1, 0.15) is 5.78 Å². The molecule has 180 valence electrons. The van der Waals surface area contributed by atoms with Gasteiger partial charge in [0.2, 0.25) is 0 Å². The Morgan fingerprint density at radius 2 is 1.53 bits per heavy atom. The molecule has 5 aliphatic carbocycles. The molecular formula is C30H48O2. The number of carbonyl (C=O) groups is 1. The lowest BCUT2D eigenvalue weighted by Gasteiger charge is -2.70. The summed E-state index contributed by atoms with van der Waals surface area (Å²) in [6, 6.07) is 0. The van der Waals surface area contributed by atoms with E-state index in [9.17, 15) is 9.90 Å². The van der Waals surface area contributed by atoms with Crippen molar-refractivity contribution in [2.24, 2.45) is 50.2 Å². The van der Waals surface area contributed by atoms with E-state index in [0.717, 1.165) is 12.8 Å². The van der Waals surface area contributed by atoms with Crippen molar-refractivity contribution in [2.75, 3.05) is 0 Å². The molecule has 4 saturated carbocycles. The topological polar surface area (TPSA) is 37.3 Å². The summed E-state index contributed by atoms with van der Waals surface area (Å²) in [5, 5.41) is 10.8. The van der Waals surface area contributed by atoms with Crippen molar-refractivity contribution in [1.82, 2.24) is 0 Å². The molecule has 0 aromatic carbocycles. The molecule has 0 radical (unpaired) electrons. The molecule has 0 heterocycles. The van der Waals surface area contributed by atoms with E-state index in [-0.39, 0.29) is 27.6 Å². The van der Waals surface area contributed by atoms with Gasteiger partial charge in [-0.25, -0.2) is 0 Å². The van der Waals surface area contributed by atoms with Gasteiger partial charge in [0.15, 0.2) is 0 Å². The maximum absolute atomic E-state index is 13.7. The monoisotopic (exact) mass is 440 g/mol. The van der Waals surface area contributed by atoms with Crippen molar-refractivity contribution in [1.29, 1.82) is 0 Å². The van der Waals surface area contributed by atoms with Gasteiger partial charge in [-0.2, -0.15) is 0 Å². The first-order valence-corrected chi connectivity index (χ1v) is 13.5. The van der Waals surface area contributed by atoms with Crippen molar-refractivity contribution in [3.05, 3.63) is 11.6 Å². The van der Waals surface area contributed by atoms with Crippen molar-refractivity contribution >= 4 is 5.78 Å². The highest BCUT2D eigenvalue weighted by molar-refractivity contribution is 5.87. The molecule has 0 spiro atoms. The van der Waals surface area contributed by atoms with Crippen LogP contribution in [0.25, 0.3) is 0 Å². The lowest BCUT2D eigenvalue weighted by molar-refractivity contribution is -0.201. The van der Waals surface area contributed by atoms with Crippen molar-refractivity contribution in [2.45, 2.75) is 119 Å². The maximum atomic E-state index is 13.7. The summed E-state index contributed by atoms with van der Waals surface area (Å²) in [5.41, 5.74) is 2.52. The predicted molar refractivity (Wildman–Crippen MR) is 131 cm³/mol. The Kier molecular flexibility index (Phi) is 4.71. The van der Waals surface area contributed by atoms with Crippen LogP contribution >= 0.6 is 0 Å². The van der Waals surface area contributed by atoms with Gasteiger partial charge in [-0.3, -0.25) is 4.79 Å². The Hall–Kier alpha value is -0.630. The number of allylic oxidation sites excluding steroid dienone is 2. The fourth-order valence-corrected chi connectivity index (χ4v) is 10.2. The van der Waals surface area contributed by atoms with Gasteiger partial charge in [-0.05, 0) is 96.2 Å². The van der Waals surface area contributed by atoms with Gasteiger partial charge in [0.05, 0.1) is 6.10 Å². The van der Waals surface area contributed by atoms with Crippen molar-refractivity contribution < 1.29 is 9.90 Å². The third-order valence-electron chi connectivity index (χ3n) is 12.9. The van der Waals surface area contributed by atoms with Crippen molar-refractivity contribution in [3.8, 4) is 0 Å². The lowest BCUT2D eigenvalue weighted by atomic mass is 9.33. The summed E-state index contributed by atoms with van der Waals surface area (Å²) < 4.78 is 0. The summed E-state index contributed by atoms with van der Waals surface area (Å²) >= 11 is 0. The predicted octanol–water partition coefficient (Wildman–Crippen LogP) is 7.35. The third-order valence-corrected chi connectivity index (χ3v) is 12.9. The summed E-state index contributed by atoms with van der Waals surface area (Å²) in [6.07, 6.45) is 12.5. The van der Waals surface area contributed by atoms with Crippen LogP contribution in [-0.2, 0) is 4.79 Å². The Balaban J connectivity index is 1.61. The molecule has 8 atom stereocenters. The van der Waals surface area contributed by atoms with Gasteiger partial charge in [-0.1, -0.05) is 67.0 Å². The van der Waals surface area contributed by atoms with E-state index < -0.39 is 6.10 Å². The second-order valence-electron chi connectivity index (χ2n) is 15.1. The summed E-state index contributed by atoms with van der Waals surface area (Å²) in [6.45, 7) is 19.4. The molecule has 0 aliphatic heterocycles. The van der Waals surface area contributed by atoms with E-state index in [1.54, 1.807) is 5.57 Å². The molecule has 3 unspecified atom stereocenters. The fraction of sp³-hybridized carbons (Fsp3) is 0.900. The molecule has 2 nitrogen and oxygen atoms in total. The van der Waals surface area contributed by atoms with E-state index in [0.29, 0.717) is 34.9 Å². The number of ketones is 1. The Morgan fingerprint density at radius 1 is 0.875 bits per heavy atom. The van der Waals surface area contributed by atoms with E-state index in [1.807, 2.05) is 0 Å². The number of Topliss-reactive ketones (excluding diaryl/α,β-unsaturated/α-hetero) is 1. The average molecular weight is 441 g/mol. The van der Waals surface area contributed by atoms with Crippen LogP contribution in [0.15, 0.2) is 11.6 Å². The average Bonchev–Trinajstić information content (AvgIpc) is 2.68. The van der Waals surface area contributed by atoms with Crippen LogP contribution in [-0.4, -0.2) is 17.0 Å². The van der Waals surface area contributed by atoms with Crippen LogP contribution in [0, 0.1) is 50.2 Å². The number of aliphatic hydroxyl groups is 1. The highest BCUT2D eigenvalue weighted by Crippen LogP contribution is 2.75. The maximum Gasteiger partial charge on any atom is 0.141 e. The first-order valence-electron chi connectivity index (χ1n) is 13.5. The molecule has 0 bridgehead atoms. The first kappa shape index (κ1) is 23.1. The largest absolute Gasteiger partial charge is 0.392 e. The minimum atomic E-state index is -0.498. The van der Waals surface area contributed by atoms with Crippen molar-refractivity contribution in [3.63, 3.8) is 0 Å². The normalized spacial score (nSPS) is 53.9. The zero-order chi connectivity index (χ0) is 23.5. The molecule has 0 aromatic heterocycles. The summed E-state index contributed by atoms with van der Waals surface area (Å²) in [5.74, 6) is 1.71. The molecule has 0 amide bonds. The van der Waals surface area contributed by atoms with E-state index in [4.69, 9.17) is 0 Å². The molecule has 5 rings (SSSR count). The second-order valence-corrected chi connectivity index (χ2v) is 15.1. The van der Waals surface area contributed by atoms with Crippen LogP contribution < -0.4 is 0 Å². The van der Waals surface area contributed by atoms with Crippen LogP contribution in [0.5, 0.6) is 0 Å². The second kappa shape index (κ2) is 6.52. The smallest absolute Gasteiger partial charge is 0.141 e. The highest BCUT2D eigenvalue weighted by atomic mass is 16.3. The minimum absolute atomic E-state index is 0.166. The molecular weight excluding hydrogens is 392 g/mol. The highest BCUT2D eigenvalue weighted by Gasteiger charge is 2.69. The van der Waals surface area contributed by atoms with E-state index in [2.05, 4.69) is 61.5 Å². The Morgan fingerprint density at radius 3 is 2.22 bits per heavy atom. The molecule has 0 aromatic rings. The van der Waals surface area contributed by atoms with E-state index in [1.165, 1.54) is 38.5 Å². The molecule has 4 fully saturated rings. The minimum Gasteiger partial charge on any atom is -0.392 e. The number of rotatable bonds is 0. The fourth-order valence-electron chi connectivity index (χ4n) is 10.2. The number of fused-ring (bicyclic) bond motifs is 7. The number of hydrogen-bond donors (Lipinski definition) is 1. The van der Waals surface area contributed by atoms with Crippen LogP contribution in [0.1, 0.15) is 113 Å². The molecule has 0 saturated heterocycles. The number of carbonyl (C=O) groups excluding carboxylic acids is 1. The number of aliphatic hydroxyl groups excluding tert-OH is 1. The lowest BCUT2D eigenvalue weighted by Crippen LogP contribution is -2.67. The van der Waals surface area contributed by atoms with Gasteiger partial charge >= 0.3 is 0 Å². The zero-order valence-electron chi connectivity index (χ0n) is 22.1. The molecule has 32 heavy (non-hydrogen) atoms. The van der Waals surface area contributed by atoms with Crippen LogP contribution in [0.2, 0.25) is 0 Å². The standard InChI is InChI=1S/C30H48O2/c1-25(2)13-14-27(5)15-16-28(6)19(20(27)18-25)9-10-22-29(28,7)12-11-21-26(3,4)23(31)17-24(32)30(21,22)8/h9,20-23,31H,10-18H2,1-8H3/t20?,21?,22?,23-,27+,28+,29+,30-/m0/s1. The quantitative estimate of drug-likeness (QED) is 0.400.